The van der Waals surface area contributed by atoms with Gasteiger partial charge in [0.05, 0.1) is 0 Å². The van der Waals surface area contributed by atoms with E-state index in [1.54, 1.807) is 0 Å². The van der Waals surface area contributed by atoms with Gasteiger partial charge in [-0.15, -0.1) is 0 Å². The molecule has 0 heterocycles. The minimum absolute atomic E-state index is 0.527. The van der Waals surface area contributed by atoms with Crippen LogP contribution in [0.3, 0.4) is 0 Å². The van der Waals surface area contributed by atoms with Crippen LogP contribution in [0.5, 0.6) is 0 Å². The number of thioether (sulfide) groups is 1. The lowest BCUT2D eigenvalue weighted by atomic mass is 10.1. The van der Waals surface area contributed by atoms with Crippen LogP contribution in [0.4, 0.5) is 0 Å². The number of hydrogen-bond acceptors (Lipinski definition) is 2. The first-order valence-corrected chi connectivity index (χ1v) is 8.36. The van der Waals surface area contributed by atoms with Crippen molar-refractivity contribution in [3.05, 3.63) is 34.3 Å². The molecule has 0 saturated heterocycles. The normalized spacial score (nSPS) is 19.8. The van der Waals surface area contributed by atoms with E-state index in [-0.39, 0.29) is 0 Å². The minimum atomic E-state index is 0.527. The molecule has 100 valence electrons. The fourth-order valence-electron chi connectivity index (χ4n) is 2.59. The zero-order valence-corrected chi connectivity index (χ0v) is 12.8. The highest BCUT2D eigenvalue weighted by Gasteiger charge is 2.23. The summed E-state index contributed by atoms with van der Waals surface area (Å²) in [5, 5.41) is 4.62. The Labute approximate surface area is 120 Å². The fraction of sp³-hybridized carbons (Fsp3) is 0.600. The molecule has 1 aliphatic carbocycles. The highest BCUT2D eigenvalue weighted by atomic mass is 35.5. The number of aryl methyl sites for hydroxylation is 1. The number of benzene rings is 1. The van der Waals surface area contributed by atoms with Gasteiger partial charge in [-0.1, -0.05) is 24.6 Å². The molecule has 1 aromatic carbocycles. The number of fused-ring (bicyclic) bond motifs is 1. The minimum Gasteiger partial charge on any atom is -0.307 e. The van der Waals surface area contributed by atoms with Crippen molar-refractivity contribution in [3.63, 3.8) is 0 Å². The van der Waals surface area contributed by atoms with E-state index in [0.717, 1.165) is 11.4 Å². The van der Waals surface area contributed by atoms with Crippen molar-refractivity contribution in [1.82, 2.24) is 5.32 Å². The Morgan fingerprint density at radius 2 is 2.33 bits per heavy atom. The van der Waals surface area contributed by atoms with Crippen LogP contribution in [0, 0.1) is 0 Å². The van der Waals surface area contributed by atoms with Gasteiger partial charge in [0.25, 0.3) is 0 Å². The molecule has 1 aromatic rings. The lowest BCUT2D eigenvalue weighted by molar-refractivity contribution is 0.446. The Hall–Kier alpha value is -0.180. The van der Waals surface area contributed by atoms with Crippen LogP contribution < -0.4 is 5.32 Å². The predicted octanol–water partition coefficient (Wildman–Crippen LogP) is 4.45. The maximum absolute atomic E-state index is 6.04. The zero-order chi connectivity index (χ0) is 13.0. The van der Waals surface area contributed by atoms with Gasteiger partial charge in [-0.3, -0.25) is 0 Å². The third-order valence-electron chi connectivity index (χ3n) is 3.57. The summed E-state index contributed by atoms with van der Waals surface area (Å²) >= 11 is 8.06. The van der Waals surface area contributed by atoms with E-state index in [2.05, 4.69) is 31.3 Å². The van der Waals surface area contributed by atoms with E-state index in [4.69, 9.17) is 11.6 Å². The second-order valence-electron chi connectivity index (χ2n) is 4.99. The van der Waals surface area contributed by atoms with Gasteiger partial charge in [-0.2, -0.15) is 11.8 Å². The zero-order valence-electron chi connectivity index (χ0n) is 11.2. The molecule has 0 aromatic heterocycles. The predicted molar refractivity (Wildman–Crippen MR) is 82.7 cm³/mol. The molecule has 0 fully saturated rings. The van der Waals surface area contributed by atoms with Crippen molar-refractivity contribution in [2.24, 2.45) is 0 Å². The van der Waals surface area contributed by atoms with Crippen LogP contribution in [0.1, 0.15) is 43.9 Å². The van der Waals surface area contributed by atoms with E-state index >= 15 is 0 Å². The Kier molecular flexibility index (Phi) is 5.40. The van der Waals surface area contributed by atoms with Crippen molar-refractivity contribution in [3.8, 4) is 0 Å². The maximum Gasteiger partial charge on any atom is 0.0408 e. The fourth-order valence-corrected chi connectivity index (χ4v) is 3.59. The van der Waals surface area contributed by atoms with Crippen molar-refractivity contribution in [1.29, 1.82) is 0 Å². The SMILES string of the molecule is CCSCCC(C)NC1CCc2cc(Cl)ccc21. The van der Waals surface area contributed by atoms with Gasteiger partial charge in [0, 0.05) is 17.1 Å². The highest BCUT2D eigenvalue weighted by Crippen LogP contribution is 2.33. The Bertz CT molecular complexity index is 394. The Balaban J connectivity index is 1.89. The van der Waals surface area contributed by atoms with Gasteiger partial charge in [0.2, 0.25) is 0 Å². The molecular formula is C15H22ClNS. The van der Waals surface area contributed by atoms with Gasteiger partial charge in [-0.25, -0.2) is 0 Å². The number of rotatable bonds is 6. The van der Waals surface area contributed by atoms with Crippen molar-refractivity contribution < 1.29 is 0 Å². The molecule has 2 unspecified atom stereocenters. The highest BCUT2D eigenvalue weighted by molar-refractivity contribution is 7.99. The number of nitrogens with one attached hydrogen (secondary N) is 1. The van der Waals surface area contributed by atoms with Crippen LogP contribution in [-0.2, 0) is 6.42 Å². The van der Waals surface area contributed by atoms with E-state index in [1.165, 1.54) is 35.5 Å². The lowest BCUT2D eigenvalue weighted by Gasteiger charge is -2.20. The van der Waals surface area contributed by atoms with Crippen LogP contribution in [0.25, 0.3) is 0 Å². The number of halogens is 1. The Morgan fingerprint density at radius 3 is 3.11 bits per heavy atom. The summed E-state index contributed by atoms with van der Waals surface area (Å²) in [6.07, 6.45) is 3.61. The van der Waals surface area contributed by atoms with Crippen molar-refractivity contribution >= 4 is 23.4 Å². The molecule has 0 saturated carbocycles. The monoisotopic (exact) mass is 283 g/mol. The largest absolute Gasteiger partial charge is 0.307 e. The molecule has 0 spiro atoms. The molecule has 1 N–H and O–H groups in total. The van der Waals surface area contributed by atoms with Crippen molar-refractivity contribution in [2.75, 3.05) is 11.5 Å². The van der Waals surface area contributed by atoms with Gasteiger partial charge in [-0.05, 0) is 61.0 Å². The lowest BCUT2D eigenvalue weighted by Crippen LogP contribution is -2.29. The first-order chi connectivity index (χ1) is 8.70. The quantitative estimate of drug-likeness (QED) is 0.774. The summed E-state index contributed by atoms with van der Waals surface area (Å²) in [7, 11) is 0. The third-order valence-corrected chi connectivity index (χ3v) is 4.74. The summed E-state index contributed by atoms with van der Waals surface area (Å²) in [5.41, 5.74) is 2.88. The molecule has 2 rings (SSSR count). The molecule has 1 nitrogen and oxygen atoms in total. The standard InChI is InChI=1S/C15H22ClNS/c1-3-18-9-8-11(2)17-15-7-4-12-10-13(16)5-6-14(12)15/h5-6,10-11,15,17H,3-4,7-9H2,1-2H3. The topological polar surface area (TPSA) is 12.0 Å². The molecule has 0 amide bonds. The molecule has 0 aliphatic heterocycles. The first-order valence-electron chi connectivity index (χ1n) is 6.82. The van der Waals surface area contributed by atoms with Crippen LogP contribution in [0.2, 0.25) is 5.02 Å². The first kappa shape index (κ1) is 14.2. The summed E-state index contributed by atoms with van der Waals surface area (Å²) < 4.78 is 0. The number of hydrogen-bond donors (Lipinski definition) is 1. The molecular weight excluding hydrogens is 262 g/mol. The van der Waals surface area contributed by atoms with E-state index in [0.29, 0.717) is 12.1 Å². The van der Waals surface area contributed by atoms with Crippen molar-refractivity contribution in [2.45, 2.75) is 45.2 Å². The second kappa shape index (κ2) is 6.83. The van der Waals surface area contributed by atoms with E-state index in [9.17, 15) is 0 Å². The smallest absolute Gasteiger partial charge is 0.0408 e. The average molecular weight is 284 g/mol. The summed E-state index contributed by atoms with van der Waals surface area (Å²) in [6.45, 7) is 4.52. The van der Waals surface area contributed by atoms with Gasteiger partial charge < -0.3 is 5.32 Å². The Morgan fingerprint density at radius 1 is 1.50 bits per heavy atom. The molecule has 2 atom stereocenters. The maximum atomic E-state index is 6.04. The van der Waals surface area contributed by atoms with E-state index in [1.807, 2.05) is 17.8 Å². The third kappa shape index (κ3) is 3.66. The molecule has 1 aliphatic rings. The summed E-state index contributed by atoms with van der Waals surface area (Å²) in [5.74, 6) is 2.47. The van der Waals surface area contributed by atoms with Gasteiger partial charge in [0.15, 0.2) is 0 Å². The van der Waals surface area contributed by atoms with Crippen LogP contribution in [-0.4, -0.2) is 17.5 Å². The second-order valence-corrected chi connectivity index (χ2v) is 6.82. The molecule has 3 heteroatoms. The molecule has 0 bridgehead atoms. The van der Waals surface area contributed by atoms with Gasteiger partial charge >= 0.3 is 0 Å². The molecule has 18 heavy (non-hydrogen) atoms. The van der Waals surface area contributed by atoms with E-state index < -0.39 is 0 Å². The molecule has 0 radical (unpaired) electrons. The van der Waals surface area contributed by atoms with Crippen LogP contribution >= 0.6 is 23.4 Å². The van der Waals surface area contributed by atoms with Crippen LogP contribution in [0.15, 0.2) is 18.2 Å². The summed E-state index contributed by atoms with van der Waals surface area (Å²) in [6, 6.07) is 7.44. The summed E-state index contributed by atoms with van der Waals surface area (Å²) in [4.78, 5) is 0. The average Bonchev–Trinajstić information content (AvgIpc) is 2.72. The van der Waals surface area contributed by atoms with Gasteiger partial charge in [0.1, 0.15) is 0 Å².